The van der Waals surface area contributed by atoms with Crippen molar-refractivity contribution in [3.05, 3.63) is 30.3 Å². The summed E-state index contributed by atoms with van der Waals surface area (Å²) in [4.78, 5) is 14.3. The smallest absolute Gasteiger partial charge is 0.224 e. The van der Waals surface area contributed by atoms with E-state index in [0.717, 1.165) is 26.1 Å². The van der Waals surface area contributed by atoms with Gasteiger partial charge >= 0.3 is 0 Å². The molecule has 0 spiro atoms. The SMILES string of the molecule is CC(N)C(C)C(=O)NCC1CCN(c2ccccc2)C1. The number of amides is 1. The van der Waals surface area contributed by atoms with Crippen molar-refractivity contribution in [1.29, 1.82) is 0 Å². The second-order valence-electron chi connectivity index (χ2n) is 5.83. The molecule has 0 bridgehead atoms. The Bertz CT molecular complexity index is 433. The highest BCUT2D eigenvalue weighted by Gasteiger charge is 2.24. The van der Waals surface area contributed by atoms with Gasteiger partial charge in [0, 0.05) is 37.3 Å². The Balaban J connectivity index is 1.78. The second kappa shape index (κ2) is 6.75. The van der Waals surface area contributed by atoms with Crippen LogP contribution in [0, 0.1) is 11.8 Å². The Labute approximate surface area is 121 Å². The van der Waals surface area contributed by atoms with Crippen LogP contribution >= 0.6 is 0 Å². The second-order valence-corrected chi connectivity index (χ2v) is 5.83. The lowest BCUT2D eigenvalue weighted by atomic mass is 10.0. The average Bonchev–Trinajstić information content (AvgIpc) is 2.93. The Hall–Kier alpha value is -1.55. The molecule has 1 amide bonds. The van der Waals surface area contributed by atoms with Crippen LogP contribution in [0.4, 0.5) is 5.69 Å². The van der Waals surface area contributed by atoms with E-state index >= 15 is 0 Å². The molecule has 20 heavy (non-hydrogen) atoms. The number of para-hydroxylation sites is 1. The van der Waals surface area contributed by atoms with E-state index in [2.05, 4.69) is 34.5 Å². The summed E-state index contributed by atoms with van der Waals surface area (Å²) in [6, 6.07) is 10.3. The first-order valence-corrected chi connectivity index (χ1v) is 7.41. The van der Waals surface area contributed by atoms with E-state index < -0.39 is 0 Å². The number of hydrogen-bond acceptors (Lipinski definition) is 3. The number of rotatable bonds is 5. The first kappa shape index (κ1) is 14.9. The Morgan fingerprint density at radius 3 is 2.75 bits per heavy atom. The molecule has 110 valence electrons. The summed E-state index contributed by atoms with van der Waals surface area (Å²) in [6.07, 6.45) is 1.13. The molecule has 1 saturated heterocycles. The highest BCUT2D eigenvalue weighted by molar-refractivity contribution is 5.78. The molecular formula is C16H25N3O. The van der Waals surface area contributed by atoms with E-state index in [9.17, 15) is 4.79 Å². The van der Waals surface area contributed by atoms with Gasteiger partial charge in [0.15, 0.2) is 0 Å². The molecule has 0 aromatic heterocycles. The number of nitrogens with one attached hydrogen (secondary N) is 1. The molecule has 3 N–H and O–H groups in total. The lowest BCUT2D eigenvalue weighted by molar-refractivity contribution is -0.125. The molecule has 1 fully saturated rings. The van der Waals surface area contributed by atoms with Crippen molar-refractivity contribution < 1.29 is 4.79 Å². The van der Waals surface area contributed by atoms with Crippen molar-refractivity contribution >= 4 is 11.6 Å². The maximum atomic E-state index is 11.9. The summed E-state index contributed by atoms with van der Waals surface area (Å²) in [5.41, 5.74) is 7.02. The number of carbonyl (C=O) groups is 1. The van der Waals surface area contributed by atoms with Crippen LogP contribution in [0.15, 0.2) is 30.3 Å². The highest BCUT2D eigenvalue weighted by atomic mass is 16.1. The fourth-order valence-corrected chi connectivity index (χ4v) is 2.52. The molecule has 4 nitrogen and oxygen atoms in total. The molecule has 2 rings (SSSR count). The molecular weight excluding hydrogens is 250 g/mol. The zero-order valence-corrected chi connectivity index (χ0v) is 12.4. The quantitative estimate of drug-likeness (QED) is 0.858. The number of benzene rings is 1. The molecule has 1 aliphatic rings. The Morgan fingerprint density at radius 2 is 2.10 bits per heavy atom. The van der Waals surface area contributed by atoms with Gasteiger partial charge in [-0.25, -0.2) is 0 Å². The topological polar surface area (TPSA) is 58.4 Å². The third kappa shape index (κ3) is 3.73. The summed E-state index contributed by atoms with van der Waals surface area (Å²) in [5, 5.41) is 3.03. The molecule has 0 aliphatic carbocycles. The lowest BCUT2D eigenvalue weighted by Crippen LogP contribution is -2.40. The molecule has 4 heteroatoms. The predicted octanol–water partition coefficient (Wildman–Crippen LogP) is 1.61. The minimum absolute atomic E-state index is 0.0677. The number of nitrogens with zero attached hydrogens (tertiary/aromatic N) is 1. The summed E-state index contributed by atoms with van der Waals surface area (Å²) < 4.78 is 0. The van der Waals surface area contributed by atoms with Gasteiger partial charge in [-0.05, 0) is 31.4 Å². The van der Waals surface area contributed by atoms with Gasteiger partial charge in [-0.2, -0.15) is 0 Å². The molecule has 3 unspecified atom stereocenters. The molecule has 1 aliphatic heterocycles. The molecule has 0 radical (unpaired) electrons. The van der Waals surface area contributed by atoms with Crippen LogP contribution in [-0.2, 0) is 4.79 Å². The summed E-state index contributed by atoms with van der Waals surface area (Å²) >= 11 is 0. The van der Waals surface area contributed by atoms with Crippen LogP contribution in [0.1, 0.15) is 20.3 Å². The van der Waals surface area contributed by atoms with Gasteiger partial charge in [0.2, 0.25) is 5.91 Å². The monoisotopic (exact) mass is 275 g/mol. The van der Waals surface area contributed by atoms with Crippen molar-refractivity contribution in [2.75, 3.05) is 24.5 Å². The maximum Gasteiger partial charge on any atom is 0.224 e. The van der Waals surface area contributed by atoms with E-state index in [1.165, 1.54) is 5.69 Å². The molecule has 3 atom stereocenters. The fourth-order valence-electron chi connectivity index (χ4n) is 2.52. The highest BCUT2D eigenvalue weighted by Crippen LogP contribution is 2.22. The van der Waals surface area contributed by atoms with Crippen molar-refractivity contribution in [1.82, 2.24) is 5.32 Å². The molecule has 1 aromatic rings. The van der Waals surface area contributed by atoms with Gasteiger partial charge in [-0.3, -0.25) is 4.79 Å². The lowest BCUT2D eigenvalue weighted by Gasteiger charge is -2.20. The van der Waals surface area contributed by atoms with Crippen LogP contribution < -0.4 is 16.0 Å². The van der Waals surface area contributed by atoms with Crippen molar-refractivity contribution in [3.63, 3.8) is 0 Å². The van der Waals surface area contributed by atoms with Crippen LogP contribution in [0.25, 0.3) is 0 Å². The van der Waals surface area contributed by atoms with Crippen LogP contribution in [-0.4, -0.2) is 31.6 Å². The first-order chi connectivity index (χ1) is 9.58. The largest absolute Gasteiger partial charge is 0.371 e. The van der Waals surface area contributed by atoms with E-state index in [1.807, 2.05) is 19.9 Å². The van der Waals surface area contributed by atoms with Gasteiger partial charge < -0.3 is 16.0 Å². The van der Waals surface area contributed by atoms with Gasteiger partial charge in [0.25, 0.3) is 0 Å². The van der Waals surface area contributed by atoms with E-state index in [0.29, 0.717) is 5.92 Å². The summed E-state index contributed by atoms with van der Waals surface area (Å²) in [7, 11) is 0. The average molecular weight is 275 g/mol. The van der Waals surface area contributed by atoms with Gasteiger partial charge in [-0.15, -0.1) is 0 Å². The van der Waals surface area contributed by atoms with Gasteiger partial charge in [0.1, 0.15) is 0 Å². The normalized spacial score (nSPS) is 21.6. The maximum absolute atomic E-state index is 11.9. The van der Waals surface area contributed by atoms with Gasteiger partial charge in [-0.1, -0.05) is 25.1 Å². The number of anilines is 1. The van der Waals surface area contributed by atoms with Crippen molar-refractivity contribution in [2.45, 2.75) is 26.3 Å². The molecule has 0 saturated carbocycles. The van der Waals surface area contributed by atoms with E-state index in [4.69, 9.17) is 5.73 Å². The standard InChI is InChI=1S/C16H25N3O/c1-12(13(2)17)16(20)18-10-14-8-9-19(11-14)15-6-4-3-5-7-15/h3-7,12-14H,8-11,17H2,1-2H3,(H,18,20). The predicted molar refractivity (Wildman–Crippen MR) is 82.6 cm³/mol. The number of nitrogens with two attached hydrogens (primary N) is 1. The third-order valence-corrected chi connectivity index (χ3v) is 4.17. The summed E-state index contributed by atoms with van der Waals surface area (Å²) in [5.74, 6) is 0.472. The zero-order chi connectivity index (χ0) is 14.5. The van der Waals surface area contributed by atoms with Gasteiger partial charge in [0.05, 0.1) is 0 Å². The van der Waals surface area contributed by atoms with E-state index in [-0.39, 0.29) is 17.9 Å². The minimum atomic E-state index is -0.123. The first-order valence-electron chi connectivity index (χ1n) is 7.41. The number of carbonyl (C=O) groups excluding carboxylic acids is 1. The summed E-state index contributed by atoms with van der Waals surface area (Å²) in [6.45, 7) is 6.57. The minimum Gasteiger partial charge on any atom is -0.371 e. The van der Waals surface area contributed by atoms with Crippen LogP contribution in [0.5, 0.6) is 0 Å². The zero-order valence-electron chi connectivity index (χ0n) is 12.4. The Kier molecular flexibility index (Phi) is 5.01. The Morgan fingerprint density at radius 1 is 1.40 bits per heavy atom. The molecule has 1 heterocycles. The van der Waals surface area contributed by atoms with Crippen LogP contribution in [0.3, 0.4) is 0 Å². The third-order valence-electron chi connectivity index (χ3n) is 4.17. The van der Waals surface area contributed by atoms with Crippen molar-refractivity contribution in [2.24, 2.45) is 17.6 Å². The van der Waals surface area contributed by atoms with Crippen molar-refractivity contribution in [3.8, 4) is 0 Å². The number of hydrogen-bond donors (Lipinski definition) is 2. The van der Waals surface area contributed by atoms with Crippen LogP contribution in [0.2, 0.25) is 0 Å². The fraction of sp³-hybridized carbons (Fsp3) is 0.562. The molecule has 1 aromatic carbocycles. The van der Waals surface area contributed by atoms with E-state index in [1.54, 1.807) is 0 Å².